The molecule has 134 valence electrons. The Kier molecular flexibility index (Phi) is 4.53. The number of hydrogen-bond donors (Lipinski definition) is 2. The van der Waals surface area contributed by atoms with Crippen LogP contribution in [0.4, 0.5) is 10.1 Å². The molecule has 0 unspecified atom stereocenters. The summed E-state index contributed by atoms with van der Waals surface area (Å²) in [4.78, 5) is 19.3. The fourth-order valence-electron chi connectivity index (χ4n) is 2.79. The highest BCUT2D eigenvalue weighted by Crippen LogP contribution is 2.31. The van der Waals surface area contributed by atoms with Crippen LogP contribution in [0.3, 0.4) is 0 Å². The molecule has 4 rings (SSSR count). The van der Waals surface area contributed by atoms with Gasteiger partial charge in [-0.25, -0.2) is 9.37 Å². The lowest BCUT2D eigenvalue weighted by Crippen LogP contribution is -2.14. The van der Waals surface area contributed by atoms with Gasteiger partial charge in [-0.2, -0.15) is 0 Å². The summed E-state index contributed by atoms with van der Waals surface area (Å²) in [5.74, 6) is -0.198. The van der Waals surface area contributed by atoms with Crippen molar-refractivity contribution in [1.82, 2.24) is 9.97 Å². The van der Waals surface area contributed by atoms with Crippen molar-refractivity contribution in [3.63, 3.8) is 0 Å². The van der Waals surface area contributed by atoms with Gasteiger partial charge in [0, 0.05) is 24.1 Å². The quantitative estimate of drug-likeness (QED) is 0.543. The second kappa shape index (κ2) is 7.29. The molecule has 0 radical (unpaired) electrons. The van der Waals surface area contributed by atoms with Crippen molar-refractivity contribution in [3.05, 3.63) is 84.4 Å². The molecule has 0 spiro atoms. The number of ether oxygens (including phenoxy) is 1. The number of hydrogen-bond acceptors (Lipinski definition) is 3. The normalized spacial score (nSPS) is 10.7. The van der Waals surface area contributed by atoms with Gasteiger partial charge in [0.25, 0.3) is 0 Å². The topological polar surface area (TPSA) is 67.0 Å². The molecule has 0 fully saturated rings. The smallest absolute Gasteiger partial charge is 0.228 e. The molecule has 5 nitrogen and oxygen atoms in total. The van der Waals surface area contributed by atoms with Crippen molar-refractivity contribution in [1.29, 1.82) is 0 Å². The Hall–Kier alpha value is -3.67. The highest BCUT2D eigenvalue weighted by molar-refractivity contribution is 5.92. The Morgan fingerprint density at radius 2 is 1.93 bits per heavy atom. The molecule has 2 aromatic carbocycles. The molecular weight excluding hydrogens is 345 g/mol. The third-order valence-corrected chi connectivity index (χ3v) is 4.06. The number of anilines is 1. The van der Waals surface area contributed by atoms with Crippen molar-refractivity contribution >= 4 is 22.6 Å². The number of carbonyl (C=O) groups is 1. The lowest BCUT2D eigenvalue weighted by Gasteiger charge is -2.10. The molecule has 0 aliphatic rings. The molecule has 0 aliphatic heterocycles. The van der Waals surface area contributed by atoms with Crippen LogP contribution in [-0.4, -0.2) is 15.9 Å². The first kappa shape index (κ1) is 16.8. The van der Waals surface area contributed by atoms with Crippen LogP contribution in [0.5, 0.6) is 11.5 Å². The maximum Gasteiger partial charge on any atom is 0.228 e. The zero-order valence-electron chi connectivity index (χ0n) is 14.3. The summed E-state index contributed by atoms with van der Waals surface area (Å²) in [5, 5.41) is 3.46. The third-order valence-electron chi connectivity index (χ3n) is 4.06. The van der Waals surface area contributed by atoms with Gasteiger partial charge in [-0.05, 0) is 29.8 Å². The van der Waals surface area contributed by atoms with Crippen LogP contribution in [0.15, 0.2) is 73.1 Å². The molecule has 2 N–H and O–H groups in total. The van der Waals surface area contributed by atoms with Crippen molar-refractivity contribution in [2.75, 3.05) is 5.32 Å². The Morgan fingerprint density at radius 3 is 2.74 bits per heavy atom. The number of fused-ring (bicyclic) bond motifs is 1. The summed E-state index contributed by atoms with van der Waals surface area (Å²) >= 11 is 0. The average molecular weight is 361 g/mol. The first-order valence-electron chi connectivity index (χ1n) is 8.42. The van der Waals surface area contributed by atoms with E-state index < -0.39 is 5.82 Å². The predicted octanol–water partition coefficient (Wildman–Crippen LogP) is 4.68. The fourth-order valence-corrected chi connectivity index (χ4v) is 2.79. The summed E-state index contributed by atoms with van der Waals surface area (Å²) in [7, 11) is 0. The van der Waals surface area contributed by atoms with Gasteiger partial charge in [0.2, 0.25) is 5.91 Å². The molecule has 6 heteroatoms. The second-order valence-corrected chi connectivity index (χ2v) is 6.01. The van der Waals surface area contributed by atoms with E-state index in [1.54, 1.807) is 24.5 Å². The zero-order valence-corrected chi connectivity index (χ0v) is 14.3. The van der Waals surface area contributed by atoms with Gasteiger partial charge < -0.3 is 15.0 Å². The Balaban J connectivity index is 1.48. The van der Waals surface area contributed by atoms with Crippen LogP contribution in [0, 0.1) is 5.82 Å². The van der Waals surface area contributed by atoms with E-state index in [0.29, 0.717) is 17.1 Å². The SMILES string of the molecule is O=C(Cc1ccccc1)Nc1ccc(Oc2ccnc3[nH]ccc23)c(F)c1. The number of aromatic nitrogens is 2. The van der Waals surface area contributed by atoms with Crippen molar-refractivity contribution in [3.8, 4) is 11.5 Å². The minimum absolute atomic E-state index is 0.0739. The van der Waals surface area contributed by atoms with E-state index in [2.05, 4.69) is 15.3 Å². The zero-order chi connectivity index (χ0) is 18.6. The van der Waals surface area contributed by atoms with Gasteiger partial charge >= 0.3 is 0 Å². The summed E-state index contributed by atoms with van der Waals surface area (Å²) in [6, 6.07) is 17.2. The average Bonchev–Trinajstić information content (AvgIpc) is 3.14. The number of halogens is 1. The van der Waals surface area contributed by atoms with Crippen LogP contribution in [0.2, 0.25) is 0 Å². The molecule has 2 heterocycles. The number of benzene rings is 2. The molecule has 0 saturated heterocycles. The van der Waals surface area contributed by atoms with Gasteiger partial charge in [-0.15, -0.1) is 0 Å². The summed E-state index contributed by atoms with van der Waals surface area (Å²) in [6.45, 7) is 0. The van der Waals surface area contributed by atoms with E-state index in [0.717, 1.165) is 10.9 Å². The Morgan fingerprint density at radius 1 is 1.07 bits per heavy atom. The highest BCUT2D eigenvalue weighted by Gasteiger charge is 2.11. The minimum atomic E-state index is -0.562. The molecule has 27 heavy (non-hydrogen) atoms. The van der Waals surface area contributed by atoms with E-state index in [9.17, 15) is 9.18 Å². The molecule has 0 bridgehead atoms. The fraction of sp³-hybridized carbons (Fsp3) is 0.0476. The van der Waals surface area contributed by atoms with Gasteiger partial charge in [0.1, 0.15) is 11.4 Å². The molecule has 0 atom stereocenters. The molecule has 1 amide bonds. The monoisotopic (exact) mass is 361 g/mol. The van der Waals surface area contributed by atoms with Gasteiger partial charge in [0.15, 0.2) is 11.6 Å². The number of carbonyl (C=O) groups excluding carboxylic acids is 1. The third kappa shape index (κ3) is 3.79. The summed E-state index contributed by atoms with van der Waals surface area (Å²) in [6.07, 6.45) is 3.56. The van der Waals surface area contributed by atoms with E-state index in [-0.39, 0.29) is 18.1 Å². The molecule has 0 aliphatic carbocycles. The largest absolute Gasteiger partial charge is 0.453 e. The number of nitrogens with zero attached hydrogens (tertiary/aromatic N) is 1. The Labute approximate surface area is 154 Å². The minimum Gasteiger partial charge on any atom is -0.453 e. The van der Waals surface area contributed by atoms with E-state index in [1.165, 1.54) is 12.1 Å². The first-order valence-corrected chi connectivity index (χ1v) is 8.42. The van der Waals surface area contributed by atoms with Gasteiger partial charge in [-0.1, -0.05) is 30.3 Å². The lowest BCUT2D eigenvalue weighted by molar-refractivity contribution is -0.115. The van der Waals surface area contributed by atoms with Crippen LogP contribution >= 0.6 is 0 Å². The maximum atomic E-state index is 14.4. The van der Waals surface area contributed by atoms with E-state index >= 15 is 0 Å². The number of amides is 1. The van der Waals surface area contributed by atoms with Crippen LogP contribution in [0.1, 0.15) is 5.56 Å². The summed E-state index contributed by atoms with van der Waals surface area (Å²) < 4.78 is 20.1. The number of aromatic amines is 1. The molecule has 2 aromatic heterocycles. The van der Waals surface area contributed by atoms with E-state index in [4.69, 9.17) is 4.74 Å². The van der Waals surface area contributed by atoms with Crippen molar-refractivity contribution in [2.24, 2.45) is 0 Å². The molecule has 4 aromatic rings. The Bertz CT molecular complexity index is 1090. The number of nitrogens with one attached hydrogen (secondary N) is 2. The van der Waals surface area contributed by atoms with Gasteiger partial charge in [-0.3, -0.25) is 4.79 Å². The van der Waals surface area contributed by atoms with Gasteiger partial charge in [0.05, 0.1) is 11.8 Å². The van der Waals surface area contributed by atoms with Crippen molar-refractivity contribution < 1.29 is 13.9 Å². The highest BCUT2D eigenvalue weighted by atomic mass is 19.1. The van der Waals surface area contributed by atoms with Crippen LogP contribution in [0.25, 0.3) is 11.0 Å². The molecular formula is C21H16FN3O2. The second-order valence-electron chi connectivity index (χ2n) is 6.01. The predicted molar refractivity (Wildman–Crippen MR) is 101 cm³/mol. The first-order chi connectivity index (χ1) is 13.2. The van der Waals surface area contributed by atoms with Crippen molar-refractivity contribution in [2.45, 2.75) is 6.42 Å². The standard InChI is InChI=1S/C21H16FN3O2/c22-17-13-15(25-20(26)12-14-4-2-1-3-5-14)6-7-19(17)27-18-9-11-24-21-16(18)8-10-23-21/h1-11,13H,12H2,(H,23,24)(H,25,26). The number of H-pyrrole nitrogens is 1. The molecule has 0 saturated carbocycles. The van der Waals surface area contributed by atoms with Crippen LogP contribution in [-0.2, 0) is 11.2 Å². The number of rotatable bonds is 5. The van der Waals surface area contributed by atoms with E-state index in [1.807, 2.05) is 36.4 Å². The lowest BCUT2D eigenvalue weighted by atomic mass is 10.1. The van der Waals surface area contributed by atoms with Crippen LogP contribution < -0.4 is 10.1 Å². The number of pyridine rings is 1. The maximum absolute atomic E-state index is 14.4. The summed E-state index contributed by atoms with van der Waals surface area (Å²) in [5.41, 5.74) is 1.93.